The minimum atomic E-state index is 0.133. The summed E-state index contributed by atoms with van der Waals surface area (Å²) in [5.74, 6) is 1.44. The predicted octanol–water partition coefficient (Wildman–Crippen LogP) is 4.41. The van der Waals surface area contributed by atoms with Gasteiger partial charge in [0.1, 0.15) is 0 Å². The predicted molar refractivity (Wildman–Crippen MR) is 101 cm³/mol. The monoisotopic (exact) mass is 369 g/mol. The Morgan fingerprint density at radius 1 is 1.19 bits per heavy atom. The van der Waals surface area contributed by atoms with E-state index in [9.17, 15) is 0 Å². The van der Waals surface area contributed by atoms with E-state index >= 15 is 0 Å². The Bertz CT molecular complexity index is 924. The summed E-state index contributed by atoms with van der Waals surface area (Å²) < 4.78 is 12.7. The van der Waals surface area contributed by atoms with Crippen LogP contribution >= 0.6 is 11.6 Å². The molecule has 0 fully saturated rings. The molecule has 134 valence electrons. The Hall–Kier alpha value is -2.50. The summed E-state index contributed by atoms with van der Waals surface area (Å²) >= 11 is 6.36. The molecule has 6 heteroatoms. The Kier molecular flexibility index (Phi) is 4.57. The topological polar surface area (TPSA) is 48.3 Å². The van der Waals surface area contributed by atoms with Crippen molar-refractivity contribution in [1.29, 1.82) is 0 Å². The lowest BCUT2D eigenvalue weighted by Gasteiger charge is -2.15. The molecule has 1 aliphatic rings. The molecule has 0 radical (unpaired) electrons. The number of aromatic nitrogens is 2. The maximum Gasteiger partial charge on any atom is 0.231 e. The molecular formula is C20H20ClN3O2. The van der Waals surface area contributed by atoms with Crippen LogP contribution in [0.4, 0.5) is 0 Å². The van der Waals surface area contributed by atoms with Crippen molar-refractivity contribution in [1.82, 2.24) is 15.1 Å². The van der Waals surface area contributed by atoms with Crippen LogP contribution in [0.3, 0.4) is 0 Å². The minimum Gasteiger partial charge on any atom is -0.454 e. The summed E-state index contributed by atoms with van der Waals surface area (Å²) in [6.07, 6.45) is 1.92. The number of benzene rings is 2. The molecule has 26 heavy (non-hydrogen) atoms. The minimum absolute atomic E-state index is 0.133. The van der Waals surface area contributed by atoms with Crippen LogP contribution in [0.2, 0.25) is 5.02 Å². The van der Waals surface area contributed by atoms with Crippen LogP contribution in [0.1, 0.15) is 29.8 Å². The van der Waals surface area contributed by atoms with Gasteiger partial charge in [0.05, 0.1) is 11.9 Å². The summed E-state index contributed by atoms with van der Waals surface area (Å²) in [6.45, 7) is 5.09. The third-order valence-electron chi connectivity index (χ3n) is 4.66. The Morgan fingerprint density at radius 2 is 1.92 bits per heavy atom. The third kappa shape index (κ3) is 3.16. The lowest BCUT2D eigenvalue weighted by atomic mass is 10.1. The van der Waals surface area contributed by atoms with E-state index in [0.29, 0.717) is 17.3 Å². The first-order chi connectivity index (χ1) is 12.6. The molecule has 0 saturated carbocycles. The number of hydrogen-bond donors (Lipinski definition) is 1. The number of fused-ring (bicyclic) bond motifs is 1. The molecule has 0 amide bonds. The Labute approximate surface area is 157 Å². The molecule has 2 heterocycles. The fraction of sp³-hybridized carbons (Fsp3) is 0.250. The van der Waals surface area contributed by atoms with E-state index in [-0.39, 0.29) is 12.8 Å². The van der Waals surface area contributed by atoms with Gasteiger partial charge in [0, 0.05) is 34.9 Å². The van der Waals surface area contributed by atoms with E-state index in [1.165, 1.54) is 0 Å². The molecule has 0 spiro atoms. The molecule has 0 bridgehead atoms. The van der Waals surface area contributed by atoms with E-state index in [1.807, 2.05) is 53.3 Å². The van der Waals surface area contributed by atoms with Gasteiger partial charge in [-0.05, 0) is 37.6 Å². The molecular weight excluding hydrogens is 350 g/mol. The molecule has 0 saturated heterocycles. The van der Waals surface area contributed by atoms with Crippen molar-refractivity contribution < 1.29 is 9.47 Å². The second-order valence-electron chi connectivity index (χ2n) is 6.33. The Morgan fingerprint density at radius 3 is 2.69 bits per heavy atom. The summed E-state index contributed by atoms with van der Waals surface area (Å²) in [7, 11) is 0. The SMILES string of the molecule is Cc1c(C(C)NCc2cc3c(cc2Cl)OCO3)cnn1-c1ccccc1. The van der Waals surface area contributed by atoms with Crippen LogP contribution in [-0.2, 0) is 6.54 Å². The van der Waals surface area contributed by atoms with Crippen molar-refractivity contribution in [3.63, 3.8) is 0 Å². The number of nitrogens with one attached hydrogen (secondary N) is 1. The lowest BCUT2D eigenvalue weighted by Crippen LogP contribution is -2.19. The van der Waals surface area contributed by atoms with Crippen LogP contribution in [0.5, 0.6) is 11.5 Å². The lowest BCUT2D eigenvalue weighted by molar-refractivity contribution is 0.174. The number of hydrogen-bond acceptors (Lipinski definition) is 4. The molecule has 1 atom stereocenters. The van der Waals surface area contributed by atoms with Crippen LogP contribution in [0, 0.1) is 6.92 Å². The van der Waals surface area contributed by atoms with Gasteiger partial charge >= 0.3 is 0 Å². The highest BCUT2D eigenvalue weighted by Gasteiger charge is 2.18. The second kappa shape index (κ2) is 7.02. The standard InChI is InChI=1S/C20H20ClN3O2/c1-13(17-11-23-24(14(17)2)16-6-4-3-5-7-16)22-10-15-8-19-20(9-18(15)21)26-12-25-19/h3-9,11,13,22H,10,12H2,1-2H3. The van der Waals surface area contributed by atoms with Gasteiger partial charge in [0.2, 0.25) is 6.79 Å². The molecule has 2 aromatic carbocycles. The zero-order valence-electron chi connectivity index (χ0n) is 14.7. The highest BCUT2D eigenvalue weighted by atomic mass is 35.5. The Balaban J connectivity index is 1.49. The zero-order chi connectivity index (χ0) is 18.1. The van der Waals surface area contributed by atoms with Crippen molar-refractivity contribution in [3.05, 3.63) is 70.5 Å². The third-order valence-corrected chi connectivity index (χ3v) is 5.01. The van der Waals surface area contributed by atoms with Gasteiger partial charge in [-0.15, -0.1) is 0 Å². The molecule has 4 rings (SSSR count). The number of rotatable bonds is 5. The molecule has 1 unspecified atom stereocenters. The average molecular weight is 370 g/mol. The van der Waals surface area contributed by atoms with E-state index < -0.39 is 0 Å². The van der Waals surface area contributed by atoms with Crippen LogP contribution in [0.15, 0.2) is 48.7 Å². The quantitative estimate of drug-likeness (QED) is 0.723. The summed E-state index contributed by atoms with van der Waals surface area (Å²) in [5, 5.41) is 8.73. The number of halogens is 1. The fourth-order valence-electron chi connectivity index (χ4n) is 3.14. The normalized spacial score (nSPS) is 13.8. The van der Waals surface area contributed by atoms with Gasteiger partial charge in [-0.25, -0.2) is 4.68 Å². The largest absolute Gasteiger partial charge is 0.454 e. The van der Waals surface area contributed by atoms with Crippen molar-refractivity contribution >= 4 is 11.6 Å². The van der Waals surface area contributed by atoms with Gasteiger partial charge in [0.25, 0.3) is 0 Å². The van der Waals surface area contributed by atoms with Gasteiger partial charge in [-0.2, -0.15) is 5.10 Å². The maximum atomic E-state index is 6.36. The van der Waals surface area contributed by atoms with Crippen LogP contribution in [-0.4, -0.2) is 16.6 Å². The van der Waals surface area contributed by atoms with Gasteiger partial charge in [0.15, 0.2) is 11.5 Å². The highest BCUT2D eigenvalue weighted by molar-refractivity contribution is 6.31. The van der Waals surface area contributed by atoms with Crippen LogP contribution < -0.4 is 14.8 Å². The second-order valence-corrected chi connectivity index (χ2v) is 6.74. The molecule has 3 aromatic rings. The molecule has 1 N–H and O–H groups in total. The van der Waals surface area contributed by atoms with Crippen molar-refractivity contribution in [2.75, 3.05) is 6.79 Å². The maximum absolute atomic E-state index is 6.36. The molecule has 1 aliphatic heterocycles. The summed E-state index contributed by atoms with van der Waals surface area (Å²) in [6, 6.07) is 14.0. The van der Waals surface area contributed by atoms with Crippen molar-refractivity contribution in [3.8, 4) is 17.2 Å². The first kappa shape index (κ1) is 16.9. The summed E-state index contributed by atoms with van der Waals surface area (Å²) in [5.41, 5.74) is 4.32. The van der Waals surface area contributed by atoms with Gasteiger partial charge in [-0.3, -0.25) is 0 Å². The van der Waals surface area contributed by atoms with E-state index in [0.717, 1.165) is 28.3 Å². The average Bonchev–Trinajstić information content (AvgIpc) is 3.26. The van der Waals surface area contributed by atoms with Crippen LogP contribution in [0.25, 0.3) is 5.69 Å². The van der Waals surface area contributed by atoms with E-state index in [4.69, 9.17) is 21.1 Å². The smallest absolute Gasteiger partial charge is 0.231 e. The van der Waals surface area contributed by atoms with Crippen molar-refractivity contribution in [2.45, 2.75) is 26.4 Å². The van der Waals surface area contributed by atoms with Gasteiger partial charge in [-0.1, -0.05) is 29.8 Å². The molecule has 1 aromatic heterocycles. The van der Waals surface area contributed by atoms with E-state index in [2.05, 4.69) is 24.3 Å². The zero-order valence-corrected chi connectivity index (χ0v) is 15.5. The molecule has 5 nitrogen and oxygen atoms in total. The highest BCUT2D eigenvalue weighted by Crippen LogP contribution is 2.37. The number of para-hydroxylation sites is 1. The first-order valence-corrected chi connectivity index (χ1v) is 8.92. The van der Waals surface area contributed by atoms with Gasteiger partial charge < -0.3 is 14.8 Å². The summed E-state index contributed by atoms with van der Waals surface area (Å²) in [4.78, 5) is 0. The number of ether oxygens (including phenoxy) is 2. The number of nitrogens with zero attached hydrogens (tertiary/aromatic N) is 2. The van der Waals surface area contributed by atoms with Crippen molar-refractivity contribution in [2.24, 2.45) is 0 Å². The molecule has 0 aliphatic carbocycles. The first-order valence-electron chi connectivity index (χ1n) is 8.55. The van der Waals surface area contributed by atoms with E-state index in [1.54, 1.807) is 0 Å². The fourth-order valence-corrected chi connectivity index (χ4v) is 3.37.